The molecule has 0 aliphatic carbocycles. The summed E-state index contributed by atoms with van der Waals surface area (Å²) in [7, 11) is 0. The number of carbonyl (C=O) groups excluding carboxylic acids is 2. The fourth-order valence-corrected chi connectivity index (χ4v) is 1.99. The summed E-state index contributed by atoms with van der Waals surface area (Å²) in [5.41, 5.74) is 2.39. The summed E-state index contributed by atoms with van der Waals surface area (Å²) in [5.74, 6) is -0.0866. The number of nitrogens with one attached hydrogen (secondary N) is 1. The summed E-state index contributed by atoms with van der Waals surface area (Å²) in [5, 5.41) is 2.75. The molecule has 1 fully saturated rings. The van der Waals surface area contributed by atoms with Crippen LogP contribution >= 0.6 is 11.6 Å². The second-order valence-corrected chi connectivity index (χ2v) is 4.72. The zero-order chi connectivity index (χ0) is 13.0. The molecule has 1 aliphatic rings. The number of nitrogens with zero attached hydrogens (tertiary/aromatic N) is 1. The lowest BCUT2D eigenvalue weighted by Gasteiger charge is -2.28. The highest BCUT2D eigenvalue weighted by Crippen LogP contribution is 2.15. The third kappa shape index (κ3) is 3.46. The van der Waals surface area contributed by atoms with E-state index in [2.05, 4.69) is 5.32 Å². The van der Waals surface area contributed by atoms with Crippen LogP contribution in [-0.2, 0) is 9.59 Å². The molecule has 17 heavy (non-hydrogen) atoms. The summed E-state index contributed by atoms with van der Waals surface area (Å²) >= 11 is 5.62. The highest BCUT2D eigenvalue weighted by Gasteiger charge is 2.32. The quantitative estimate of drug-likeness (QED) is 0.837. The third-order valence-electron chi connectivity index (χ3n) is 2.94. The molecule has 5 heteroatoms. The molecule has 2 amide bonds. The van der Waals surface area contributed by atoms with Crippen molar-refractivity contribution in [2.24, 2.45) is 0 Å². The lowest BCUT2D eigenvalue weighted by Crippen LogP contribution is -2.46. The Morgan fingerprint density at radius 2 is 2.24 bits per heavy atom. The summed E-state index contributed by atoms with van der Waals surface area (Å²) in [6.45, 7) is 6.13. The minimum Gasteiger partial charge on any atom is -0.344 e. The largest absolute Gasteiger partial charge is 0.344 e. The molecule has 0 aromatic carbocycles. The maximum absolute atomic E-state index is 12.2. The Labute approximate surface area is 107 Å². The van der Waals surface area contributed by atoms with Gasteiger partial charge in [0.2, 0.25) is 11.8 Å². The smallest absolute Gasteiger partial charge is 0.245 e. The first-order valence-corrected chi connectivity index (χ1v) is 6.29. The van der Waals surface area contributed by atoms with E-state index in [4.69, 9.17) is 11.6 Å². The molecule has 0 bridgehead atoms. The van der Waals surface area contributed by atoms with Crippen molar-refractivity contribution in [3.63, 3.8) is 0 Å². The van der Waals surface area contributed by atoms with Gasteiger partial charge in [0, 0.05) is 24.5 Å². The molecule has 1 heterocycles. The molecule has 4 nitrogen and oxygen atoms in total. The van der Waals surface area contributed by atoms with E-state index in [9.17, 15) is 9.59 Å². The Hall–Kier alpha value is -1.03. The van der Waals surface area contributed by atoms with Gasteiger partial charge in [-0.15, -0.1) is 0 Å². The fourth-order valence-electron chi connectivity index (χ4n) is 1.92. The highest BCUT2D eigenvalue weighted by molar-refractivity contribution is 6.25. The zero-order valence-corrected chi connectivity index (χ0v) is 11.3. The lowest BCUT2D eigenvalue weighted by molar-refractivity contribution is -0.134. The molecule has 0 aromatic heterocycles. The van der Waals surface area contributed by atoms with Crippen molar-refractivity contribution in [3.05, 3.63) is 11.1 Å². The van der Waals surface area contributed by atoms with Crippen molar-refractivity contribution < 1.29 is 9.59 Å². The van der Waals surface area contributed by atoms with E-state index in [-0.39, 0.29) is 17.9 Å². The summed E-state index contributed by atoms with van der Waals surface area (Å²) in [6.07, 6.45) is 0.954. The Kier molecular flexibility index (Phi) is 5.00. The van der Waals surface area contributed by atoms with Gasteiger partial charge in [0.25, 0.3) is 0 Å². The minimum atomic E-state index is -0.407. The van der Waals surface area contributed by atoms with Crippen molar-refractivity contribution in [1.82, 2.24) is 10.2 Å². The molecule has 1 aliphatic heterocycles. The van der Waals surface area contributed by atoms with Crippen LogP contribution in [0.25, 0.3) is 0 Å². The maximum atomic E-state index is 12.2. The first-order chi connectivity index (χ1) is 7.99. The zero-order valence-electron chi connectivity index (χ0n) is 10.5. The number of hydrogen-bond acceptors (Lipinski definition) is 2. The topological polar surface area (TPSA) is 49.4 Å². The highest BCUT2D eigenvalue weighted by atomic mass is 35.5. The molecule has 0 radical (unpaired) electrons. The van der Waals surface area contributed by atoms with Crippen molar-refractivity contribution in [2.75, 3.05) is 6.54 Å². The molecule has 0 spiro atoms. The average molecular weight is 259 g/mol. The van der Waals surface area contributed by atoms with Crippen LogP contribution in [0.15, 0.2) is 11.1 Å². The Morgan fingerprint density at radius 3 is 2.76 bits per heavy atom. The Balaban J connectivity index is 2.90. The van der Waals surface area contributed by atoms with Gasteiger partial charge in [0.15, 0.2) is 0 Å². The molecule has 0 aromatic rings. The van der Waals surface area contributed by atoms with Crippen molar-refractivity contribution in [3.8, 4) is 0 Å². The van der Waals surface area contributed by atoms with Crippen LogP contribution in [0.1, 0.15) is 33.6 Å². The van der Waals surface area contributed by atoms with Gasteiger partial charge in [-0.25, -0.2) is 0 Å². The van der Waals surface area contributed by atoms with Gasteiger partial charge in [0.05, 0.1) is 0 Å². The van der Waals surface area contributed by atoms with E-state index < -0.39 is 6.04 Å². The molecular weight excluding hydrogens is 240 g/mol. The van der Waals surface area contributed by atoms with Gasteiger partial charge in [-0.05, 0) is 25.8 Å². The van der Waals surface area contributed by atoms with E-state index in [1.54, 1.807) is 4.90 Å². The molecule has 1 saturated heterocycles. The monoisotopic (exact) mass is 258 g/mol. The van der Waals surface area contributed by atoms with Crippen LogP contribution in [0.4, 0.5) is 0 Å². The normalized spacial score (nSPS) is 26.8. The predicted octanol–water partition coefficient (Wildman–Crippen LogP) is 1.64. The van der Waals surface area contributed by atoms with Gasteiger partial charge in [-0.3, -0.25) is 9.59 Å². The number of hydrogen-bond donors (Lipinski definition) is 1. The molecule has 96 valence electrons. The minimum absolute atomic E-state index is 0.0243. The second-order valence-electron chi connectivity index (χ2n) is 4.50. The molecular formula is C12H19ClN2O2. The summed E-state index contributed by atoms with van der Waals surface area (Å²) < 4.78 is 0. The van der Waals surface area contributed by atoms with E-state index in [1.165, 1.54) is 5.54 Å². The first-order valence-electron chi connectivity index (χ1n) is 5.85. The first kappa shape index (κ1) is 14.0. The second kappa shape index (κ2) is 6.05. The molecule has 0 saturated carbocycles. The molecule has 2 unspecified atom stereocenters. The predicted molar refractivity (Wildman–Crippen MR) is 67.6 cm³/mol. The molecule has 1 rings (SSSR count). The summed E-state index contributed by atoms with van der Waals surface area (Å²) in [6, 6.07) is -0.499. The number of carbonyl (C=O) groups is 2. The van der Waals surface area contributed by atoms with Gasteiger partial charge in [-0.2, -0.15) is 0 Å². The van der Waals surface area contributed by atoms with E-state index in [0.29, 0.717) is 19.4 Å². The molecule has 1 N–H and O–H groups in total. The van der Waals surface area contributed by atoms with Crippen LogP contribution in [0.3, 0.4) is 0 Å². The number of rotatable bonds is 3. The van der Waals surface area contributed by atoms with Crippen molar-refractivity contribution in [1.29, 1.82) is 0 Å². The van der Waals surface area contributed by atoms with Gasteiger partial charge in [0.1, 0.15) is 6.04 Å². The number of amides is 2. The lowest BCUT2D eigenvalue weighted by atomic mass is 10.1. The van der Waals surface area contributed by atoms with Crippen LogP contribution in [-0.4, -0.2) is 35.3 Å². The van der Waals surface area contributed by atoms with E-state index in [0.717, 1.165) is 5.57 Å². The Morgan fingerprint density at radius 1 is 1.59 bits per heavy atom. The van der Waals surface area contributed by atoms with Gasteiger partial charge < -0.3 is 10.2 Å². The SMILES string of the molecule is CCC1NC(=O)CC(C)N(CC(C)=CCl)C1=O. The van der Waals surface area contributed by atoms with Crippen LogP contribution in [0, 0.1) is 0 Å². The van der Waals surface area contributed by atoms with Gasteiger partial charge in [-0.1, -0.05) is 18.5 Å². The average Bonchev–Trinajstić information content (AvgIpc) is 2.39. The van der Waals surface area contributed by atoms with Crippen LogP contribution < -0.4 is 5.32 Å². The van der Waals surface area contributed by atoms with E-state index in [1.807, 2.05) is 20.8 Å². The Bertz CT molecular complexity index is 341. The third-order valence-corrected chi connectivity index (χ3v) is 3.32. The van der Waals surface area contributed by atoms with Crippen LogP contribution in [0.2, 0.25) is 0 Å². The molecule has 2 atom stereocenters. The summed E-state index contributed by atoms with van der Waals surface area (Å²) in [4.78, 5) is 25.5. The van der Waals surface area contributed by atoms with Crippen molar-refractivity contribution in [2.45, 2.75) is 45.7 Å². The maximum Gasteiger partial charge on any atom is 0.245 e. The number of halogens is 1. The van der Waals surface area contributed by atoms with Crippen LogP contribution in [0.5, 0.6) is 0 Å². The standard InChI is InChI=1S/C12H19ClN2O2/c1-4-10-12(17)15(7-8(2)6-13)9(3)5-11(16)14-10/h6,9-10H,4-5,7H2,1-3H3,(H,14,16). The van der Waals surface area contributed by atoms with Gasteiger partial charge >= 0.3 is 0 Å². The van der Waals surface area contributed by atoms with Crippen molar-refractivity contribution >= 4 is 23.4 Å². The van der Waals surface area contributed by atoms with E-state index >= 15 is 0 Å². The fraction of sp³-hybridized carbons (Fsp3) is 0.667.